The van der Waals surface area contributed by atoms with Gasteiger partial charge in [0, 0.05) is 5.69 Å². The van der Waals surface area contributed by atoms with Gasteiger partial charge in [0.2, 0.25) is 5.91 Å². The van der Waals surface area contributed by atoms with Crippen LogP contribution in [0, 0.1) is 5.92 Å². The molecule has 0 radical (unpaired) electrons. The van der Waals surface area contributed by atoms with Crippen molar-refractivity contribution in [3.05, 3.63) is 23.2 Å². The molecule has 17 heavy (non-hydrogen) atoms. The normalized spacial score (nSPS) is 12.4. The molecule has 3 N–H and O–H groups in total. The van der Waals surface area contributed by atoms with Crippen LogP contribution in [0.5, 0.6) is 5.75 Å². The van der Waals surface area contributed by atoms with Crippen molar-refractivity contribution in [3.8, 4) is 5.75 Å². The Morgan fingerprint density at radius 1 is 1.47 bits per heavy atom. The van der Waals surface area contributed by atoms with Crippen LogP contribution >= 0.6 is 11.6 Å². The topological polar surface area (TPSA) is 64.3 Å². The van der Waals surface area contributed by atoms with E-state index in [4.69, 9.17) is 22.1 Å². The summed E-state index contributed by atoms with van der Waals surface area (Å²) >= 11 is 5.95. The van der Waals surface area contributed by atoms with Crippen molar-refractivity contribution in [2.45, 2.75) is 19.9 Å². The third kappa shape index (κ3) is 3.61. The minimum atomic E-state index is -0.532. The van der Waals surface area contributed by atoms with Crippen LogP contribution in [0.25, 0.3) is 0 Å². The fraction of sp³-hybridized carbons (Fsp3) is 0.417. The number of carbonyl (C=O) groups is 1. The van der Waals surface area contributed by atoms with Gasteiger partial charge in [-0.2, -0.15) is 0 Å². The van der Waals surface area contributed by atoms with Gasteiger partial charge in [0.05, 0.1) is 18.2 Å². The number of amides is 1. The lowest BCUT2D eigenvalue weighted by molar-refractivity contribution is -0.118. The largest absolute Gasteiger partial charge is 0.495 e. The van der Waals surface area contributed by atoms with Gasteiger partial charge in [0.15, 0.2) is 0 Å². The van der Waals surface area contributed by atoms with Gasteiger partial charge < -0.3 is 15.8 Å². The highest BCUT2D eigenvalue weighted by Gasteiger charge is 2.17. The zero-order valence-corrected chi connectivity index (χ0v) is 10.9. The lowest BCUT2D eigenvalue weighted by atomic mass is 10.0. The van der Waals surface area contributed by atoms with Gasteiger partial charge in [-0.15, -0.1) is 0 Å². The summed E-state index contributed by atoms with van der Waals surface area (Å²) in [6, 6.07) is 4.51. The Bertz CT molecular complexity index is 407. The van der Waals surface area contributed by atoms with Gasteiger partial charge >= 0.3 is 0 Å². The fourth-order valence-electron chi connectivity index (χ4n) is 1.27. The maximum absolute atomic E-state index is 11.7. The number of methoxy groups -OCH3 is 1. The number of halogens is 1. The van der Waals surface area contributed by atoms with Crippen LogP contribution < -0.4 is 15.8 Å². The first kappa shape index (κ1) is 13.8. The Hall–Kier alpha value is -1.26. The van der Waals surface area contributed by atoms with E-state index in [1.54, 1.807) is 18.2 Å². The van der Waals surface area contributed by atoms with Crippen LogP contribution in [0.4, 0.5) is 5.69 Å². The van der Waals surface area contributed by atoms with Gasteiger partial charge in [-0.25, -0.2) is 0 Å². The highest BCUT2D eigenvalue weighted by atomic mass is 35.5. The molecule has 1 amide bonds. The van der Waals surface area contributed by atoms with Gasteiger partial charge in [0.1, 0.15) is 5.75 Å². The van der Waals surface area contributed by atoms with Crippen LogP contribution in [0.3, 0.4) is 0 Å². The molecule has 0 saturated heterocycles. The molecule has 1 aromatic carbocycles. The average Bonchev–Trinajstić information content (AvgIpc) is 2.28. The average molecular weight is 257 g/mol. The molecule has 0 aliphatic carbocycles. The minimum Gasteiger partial charge on any atom is -0.495 e. The molecule has 0 unspecified atom stereocenters. The molecule has 0 aliphatic heterocycles. The summed E-state index contributed by atoms with van der Waals surface area (Å²) in [5.41, 5.74) is 6.34. The van der Waals surface area contributed by atoms with Crippen molar-refractivity contribution in [1.29, 1.82) is 0 Å². The number of benzene rings is 1. The minimum absolute atomic E-state index is 0.0868. The second-order valence-corrected chi connectivity index (χ2v) is 4.52. The number of rotatable bonds is 4. The molecule has 0 spiro atoms. The van der Waals surface area contributed by atoms with E-state index >= 15 is 0 Å². The Morgan fingerprint density at radius 3 is 2.59 bits per heavy atom. The number of nitrogens with one attached hydrogen (secondary N) is 1. The maximum atomic E-state index is 11.7. The molecule has 0 heterocycles. The van der Waals surface area contributed by atoms with E-state index in [2.05, 4.69) is 5.32 Å². The van der Waals surface area contributed by atoms with Gasteiger partial charge in [0.25, 0.3) is 0 Å². The molecule has 4 nitrogen and oxygen atoms in total. The molecule has 94 valence electrons. The van der Waals surface area contributed by atoms with Gasteiger partial charge in [-0.1, -0.05) is 25.4 Å². The predicted molar refractivity (Wildman–Crippen MR) is 69.4 cm³/mol. The third-order valence-electron chi connectivity index (χ3n) is 2.44. The van der Waals surface area contributed by atoms with E-state index in [-0.39, 0.29) is 11.8 Å². The van der Waals surface area contributed by atoms with Crippen LogP contribution in [0.1, 0.15) is 13.8 Å². The monoisotopic (exact) mass is 256 g/mol. The summed E-state index contributed by atoms with van der Waals surface area (Å²) in [4.78, 5) is 11.7. The van der Waals surface area contributed by atoms with Crippen molar-refractivity contribution in [3.63, 3.8) is 0 Å². The lowest BCUT2D eigenvalue weighted by Crippen LogP contribution is -2.39. The highest BCUT2D eigenvalue weighted by molar-refractivity contribution is 6.32. The molecule has 0 aromatic heterocycles. The van der Waals surface area contributed by atoms with Gasteiger partial charge in [-0.3, -0.25) is 4.79 Å². The molecule has 0 fully saturated rings. The van der Waals surface area contributed by atoms with Crippen molar-refractivity contribution in [2.24, 2.45) is 11.7 Å². The predicted octanol–water partition coefficient (Wildman–Crippen LogP) is 2.27. The number of hydrogen-bond acceptors (Lipinski definition) is 3. The molecule has 0 aliphatic rings. The summed E-state index contributed by atoms with van der Waals surface area (Å²) in [7, 11) is 1.54. The Balaban J connectivity index is 2.76. The Morgan fingerprint density at radius 2 is 2.12 bits per heavy atom. The summed E-state index contributed by atoms with van der Waals surface area (Å²) in [5, 5.41) is 3.16. The van der Waals surface area contributed by atoms with E-state index < -0.39 is 6.04 Å². The number of carbonyl (C=O) groups excluding carboxylic acids is 1. The maximum Gasteiger partial charge on any atom is 0.241 e. The first-order valence-corrected chi connectivity index (χ1v) is 5.73. The van der Waals surface area contributed by atoms with Crippen molar-refractivity contribution >= 4 is 23.2 Å². The van der Waals surface area contributed by atoms with E-state index in [0.717, 1.165) is 0 Å². The molecular weight excluding hydrogens is 240 g/mol. The fourth-order valence-corrected chi connectivity index (χ4v) is 1.53. The summed E-state index contributed by atoms with van der Waals surface area (Å²) in [5.74, 6) is 0.433. The molecule has 1 atom stereocenters. The van der Waals surface area contributed by atoms with E-state index in [1.165, 1.54) is 7.11 Å². The number of ether oxygens (including phenoxy) is 1. The molecule has 1 aromatic rings. The quantitative estimate of drug-likeness (QED) is 0.869. The first-order valence-electron chi connectivity index (χ1n) is 5.35. The molecule has 5 heteroatoms. The van der Waals surface area contributed by atoms with Gasteiger partial charge in [-0.05, 0) is 24.1 Å². The zero-order valence-electron chi connectivity index (χ0n) is 10.2. The Kier molecular flexibility index (Phi) is 4.78. The SMILES string of the molecule is COc1ccc(NC(=O)[C@H](N)C(C)C)cc1Cl. The second-order valence-electron chi connectivity index (χ2n) is 4.11. The van der Waals surface area contributed by atoms with E-state index in [1.807, 2.05) is 13.8 Å². The van der Waals surface area contributed by atoms with Crippen molar-refractivity contribution < 1.29 is 9.53 Å². The first-order chi connectivity index (χ1) is 7.95. The number of hydrogen-bond donors (Lipinski definition) is 2. The van der Waals surface area contributed by atoms with Crippen molar-refractivity contribution in [1.82, 2.24) is 0 Å². The third-order valence-corrected chi connectivity index (χ3v) is 2.74. The molecule has 0 saturated carbocycles. The molecule has 0 bridgehead atoms. The lowest BCUT2D eigenvalue weighted by Gasteiger charge is -2.15. The van der Waals surface area contributed by atoms with Crippen LogP contribution in [0.2, 0.25) is 5.02 Å². The second kappa shape index (κ2) is 5.89. The summed E-state index contributed by atoms with van der Waals surface area (Å²) < 4.78 is 5.02. The zero-order chi connectivity index (χ0) is 13.0. The van der Waals surface area contributed by atoms with E-state index in [0.29, 0.717) is 16.5 Å². The standard InChI is InChI=1S/C12H17ClN2O2/c1-7(2)11(14)12(16)15-8-4-5-10(17-3)9(13)6-8/h4-7,11H,14H2,1-3H3,(H,15,16)/t11-/m1/s1. The summed E-state index contributed by atoms with van der Waals surface area (Å²) in [6.07, 6.45) is 0. The Labute approximate surface area is 106 Å². The van der Waals surface area contributed by atoms with Crippen LogP contribution in [-0.4, -0.2) is 19.1 Å². The summed E-state index contributed by atoms with van der Waals surface area (Å²) in [6.45, 7) is 3.79. The number of nitrogens with two attached hydrogens (primary N) is 1. The smallest absolute Gasteiger partial charge is 0.241 e. The molecular formula is C12H17ClN2O2. The van der Waals surface area contributed by atoms with Crippen molar-refractivity contribution in [2.75, 3.05) is 12.4 Å². The highest BCUT2D eigenvalue weighted by Crippen LogP contribution is 2.27. The number of anilines is 1. The van der Waals surface area contributed by atoms with Crippen LogP contribution in [-0.2, 0) is 4.79 Å². The van der Waals surface area contributed by atoms with Crippen LogP contribution in [0.15, 0.2) is 18.2 Å². The molecule has 1 rings (SSSR count). The van der Waals surface area contributed by atoms with E-state index in [9.17, 15) is 4.79 Å².